The van der Waals surface area contributed by atoms with E-state index in [2.05, 4.69) is 14.9 Å². The summed E-state index contributed by atoms with van der Waals surface area (Å²) < 4.78 is 5.83. The molecule has 0 saturated carbocycles. The number of β-amino-alcohol motifs (C(OH)–C–C–N with tert-alkyl or cyclic N) is 1. The van der Waals surface area contributed by atoms with Gasteiger partial charge in [-0.25, -0.2) is 9.97 Å². The maximum atomic E-state index is 12.9. The Kier molecular flexibility index (Phi) is 6.91. The van der Waals surface area contributed by atoms with E-state index in [0.29, 0.717) is 31.7 Å². The van der Waals surface area contributed by atoms with Gasteiger partial charge in [0.1, 0.15) is 30.1 Å². The van der Waals surface area contributed by atoms with Gasteiger partial charge in [-0.2, -0.15) is 0 Å². The van der Waals surface area contributed by atoms with Crippen molar-refractivity contribution in [3.05, 3.63) is 47.9 Å². The number of aliphatic hydroxyl groups is 1. The van der Waals surface area contributed by atoms with Gasteiger partial charge in [-0.1, -0.05) is 0 Å². The number of benzene rings is 1. The first-order chi connectivity index (χ1) is 15.4. The molecule has 0 unspecified atom stereocenters. The summed E-state index contributed by atoms with van der Waals surface area (Å²) in [5.41, 5.74) is 0.507. The lowest BCUT2D eigenvalue weighted by atomic mass is 10.0. The van der Waals surface area contributed by atoms with Crippen molar-refractivity contribution in [2.75, 3.05) is 57.8 Å². The molecule has 4 rings (SSSR count). The fourth-order valence-corrected chi connectivity index (χ4v) is 4.52. The zero-order valence-electron chi connectivity index (χ0n) is 19.0. The van der Waals surface area contributed by atoms with E-state index in [1.807, 2.05) is 30.0 Å². The van der Waals surface area contributed by atoms with Gasteiger partial charge in [0.15, 0.2) is 0 Å². The number of rotatable bonds is 8. The van der Waals surface area contributed by atoms with E-state index in [1.165, 1.54) is 19.2 Å². The number of amides is 1. The van der Waals surface area contributed by atoms with Gasteiger partial charge in [0.25, 0.3) is 5.91 Å². The summed E-state index contributed by atoms with van der Waals surface area (Å²) in [6.45, 7) is 7.22. The molecular weight excluding hydrogens is 406 g/mol. The van der Waals surface area contributed by atoms with Gasteiger partial charge in [-0.3, -0.25) is 9.69 Å². The first kappa shape index (κ1) is 22.5. The standard InChI is InChI=1S/C24H33N5O3/c1-19-15-22(26-18-25-19)29-12-9-24(31,17-29)16-27(2)23(30)20-5-7-21(8-6-20)32-14-13-28-10-3-4-11-28/h5-8,15,18,31H,3-4,9-14,16-17H2,1-2H3/t24-/m0/s1. The van der Waals surface area contributed by atoms with Crippen LogP contribution in [0, 0.1) is 6.92 Å². The summed E-state index contributed by atoms with van der Waals surface area (Å²) in [5, 5.41) is 11.1. The van der Waals surface area contributed by atoms with Crippen LogP contribution in [0.4, 0.5) is 5.82 Å². The van der Waals surface area contributed by atoms with Crippen LogP contribution in [0.1, 0.15) is 35.3 Å². The highest BCUT2D eigenvalue weighted by molar-refractivity contribution is 5.94. The number of anilines is 1. The third-order valence-electron chi connectivity index (χ3n) is 6.30. The Morgan fingerprint density at radius 3 is 2.66 bits per heavy atom. The van der Waals surface area contributed by atoms with Gasteiger partial charge in [-0.05, 0) is 63.5 Å². The van der Waals surface area contributed by atoms with Crippen molar-refractivity contribution in [1.82, 2.24) is 19.8 Å². The highest BCUT2D eigenvalue weighted by atomic mass is 16.5. The Labute approximate surface area is 189 Å². The van der Waals surface area contributed by atoms with Crippen molar-refractivity contribution in [2.45, 2.75) is 31.8 Å². The third-order valence-corrected chi connectivity index (χ3v) is 6.30. The normalized spacial score (nSPS) is 21.2. The first-order valence-electron chi connectivity index (χ1n) is 11.4. The maximum absolute atomic E-state index is 12.9. The van der Waals surface area contributed by atoms with E-state index in [9.17, 15) is 9.90 Å². The number of carbonyl (C=O) groups excluding carboxylic acids is 1. The molecule has 2 saturated heterocycles. The van der Waals surface area contributed by atoms with Crippen molar-refractivity contribution in [2.24, 2.45) is 0 Å². The van der Waals surface area contributed by atoms with Crippen LogP contribution in [0.15, 0.2) is 36.7 Å². The van der Waals surface area contributed by atoms with E-state index in [1.54, 1.807) is 24.1 Å². The lowest BCUT2D eigenvalue weighted by Crippen LogP contribution is -2.45. The maximum Gasteiger partial charge on any atom is 0.253 e. The first-order valence-corrected chi connectivity index (χ1v) is 11.4. The smallest absolute Gasteiger partial charge is 0.253 e. The molecule has 1 atom stereocenters. The average molecular weight is 440 g/mol. The molecule has 2 fully saturated rings. The average Bonchev–Trinajstić information content (AvgIpc) is 3.44. The van der Waals surface area contributed by atoms with E-state index in [-0.39, 0.29) is 12.5 Å². The number of likely N-dealkylation sites (tertiary alicyclic amines) is 1. The molecule has 8 heteroatoms. The minimum absolute atomic E-state index is 0.113. The van der Waals surface area contributed by atoms with Crippen LogP contribution in [0.5, 0.6) is 5.75 Å². The van der Waals surface area contributed by atoms with E-state index >= 15 is 0 Å². The number of carbonyl (C=O) groups is 1. The molecule has 2 aromatic rings. The van der Waals surface area contributed by atoms with Crippen LogP contribution >= 0.6 is 0 Å². The van der Waals surface area contributed by atoms with Crippen LogP contribution in [0.25, 0.3) is 0 Å². The lowest BCUT2D eigenvalue weighted by molar-refractivity contribution is 0.0264. The van der Waals surface area contributed by atoms with Gasteiger partial charge >= 0.3 is 0 Å². The molecule has 0 bridgehead atoms. The molecule has 1 aromatic heterocycles. The number of aryl methyl sites for hydroxylation is 1. The van der Waals surface area contributed by atoms with Gasteiger partial charge in [0.2, 0.25) is 0 Å². The van der Waals surface area contributed by atoms with Crippen molar-refractivity contribution in [1.29, 1.82) is 0 Å². The lowest BCUT2D eigenvalue weighted by Gasteiger charge is -2.29. The second-order valence-electron chi connectivity index (χ2n) is 9.00. The summed E-state index contributed by atoms with van der Waals surface area (Å²) in [6, 6.07) is 9.18. The van der Waals surface area contributed by atoms with Gasteiger partial charge in [-0.15, -0.1) is 0 Å². The fraction of sp³-hybridized carbons (Fsp3) is 0.542. The largest absolute Gasteiger partial charge is 0.492 e. The molecule has 32 heavy (non-hydrogen) atoms. The summed E-state index contributed by atoms with van der Waals surface area (Å²) in [5.74, 6) is 1.47. The van der Waals surface area contributed by atoms with Gasteiger partial charge in [0.05, 0.1) is 6.54 Å². The number of hydrogen-bond donors (Lipinski definition) is 1. The molecule has 1 N–H and O–H groups in total. The van der Waals surface area contributed by atoms with Crippen LogP contribution in [-0.4, -0.2) is 89.3 Å². The second-order valence-corrected chi connectivity index (χ2v) is 9.00. The van der Waals surface area contributed by atoms with Crippen LogP contribution in [0.2, 0.25) is 0 Å². The molecule has 1 amide bonds. The minimum atomic E-state index is -0.970. The van der Waals surface area contributed by atoms with Crippen molar-refractivity contribution in [3.8, 4) is 5.75 Å². The molecule has 3 heterocycles. The monoisotopic (exact) mass is 439 g/mol. The molecule has 0 radical (unpaired) electrons. The third kappa shape index (κ3) is 5.55. The number of aromatic nitrogens is 2. The zero-order valence-corrected chi connectivity index (χ0v) is 19.0. The summed E-state index contributed by atoms with van der Waals surface area (Å²) in [6.07, 6.45) is 4.67. The van der Waals surface area contributed by atoms with E-state index in [0.717, 1.165) is 36.9 Å². The Morgan fingerprint density at radius 2 is 1.94 bits per heavy atom. The Balaban J connectivity index is 1.28. The number of hydrogen-bond acceptors (Lipinski definition) is 7. The Hall–Kier alpha value is -2.71. The van der Waals surface area contributed by atoms with Crippen LogP contribution < -0.4 is 9.64 Å². The molecule has 2 aliphatic heterocycles. The Morgan fingerprint density at radius 1 is 1.19 bits per heavy atom. The SMILES string of the molecule is Cc1cc(N2CC[C@](O)(CN(C)C(=O)c3ccc(OCCN4CCCC4)cc3)C2)ncn1. The molecule has 8 nitrogen and oxygen atoms in total. The molecule has 1 aromatic carbocycles. The van der Waals surface area contributed by atoms with Crippen molar-refractivity contribution >= 4 is 11.7 Å². The van der Waals surface area contributed by atoms with E-state index in [4.69, 9.17) is 4.74 Å². The predicted molar refractivity (Wildman–Crippen MR) is 123 cm³/mol. The number of ether oxygens (including phenoxy) is 1. The highest BCUT2D eigenvalue weighted by Gasteiger charge is 2.38. The molecular formula is C24H33N5O3. The Bertz CT molecular complexity index is 916. The van der Waals surface area contributed by atoms with Crippen molar-refractivity contribution in [3.63, 3.8) is 0 Å². The molecule has 172 valence electrons. The minimum Gasteiger partial charge on any atom is -0.492 e. The van der Waals surface area contributed by atoms with Gasteiger partial charge in [0, 0.05) is 44.0 Å². The fourth-order valence-electron chi connectivity index (χ4n) is 4.52. The summed E-state index contributed by atoms with van der Waals surface area (Å²) in [7, 11) is 1.73. The predicted octanol–water partition coefficient (Wildman–Crippen LogP) is 1.97. The molecule has 0 spiro atoms. The summed E-state index contributed by atoms with van der Waals surface area (Å²) >= 11 is 0. The van der Waals surface area contributed by atoms with Crippen LogP contribution in [0.3, 0.4) is 0 Å². The van der Waals surface area contributed by atoms with Crippen LogP contribution in [-0.2, 0) is 0 Å². The summed E-state index contributed by atoms with van der Waals surface area (Å²) in [4.78, 5) is 27.4. The highest BCUT2D eigenvalue weighted by Crippen LogP contribution is 2.27. The second kappa shape index (κ2) is 9.83. The van der Waals surface area contributed by atoms with Crippen molar-refractivity contribution < 1.29 is 14.6 Å². The topological polar surface area (TPSA) is 82.0 Å². The number of nitrogens with zero attached hydrogens (tertiary/aromatic N) is 5. The zero-order chi connectivity index (χ0) is 22.6. The molecule has 0 aliphatic carbocycles. The van der Waals surface area contributed by atoms with E-state index < -0.39 is 5.60 Å². The van der Waals surface area contributed by atoms with Gasteiger partial charge < -0.3 is 19.6 Å². The molecule has 2 aliphatic rings. The number of likely N-dealkylation sites (N-methyl/N-ethyl adjacent to an activating group) is 1. The quantitative estimate of drug-likeness (QED) is 0.673.